The normalized spacial score (nSPS) is 17.1. The molecule has 0 spiro atoms. The van der Waals surface area contributed by atoms with Crippen molar-refractivity contribution in [3.63, 3.8) is 0 Å². The second kappa shape index (κ2) is 5.31. The van der Waals surface area contributed by atoms with Crippen LogP contribution in [-0.4, -0.2) is 30.8 Å². The summed E-state index contributed by atoms with van der Waals surface area (Å²) in [5, 5.41) is 0. The summed E-state index contributed by atoms with van der Waals surface area (Å²) in [6, 6.07) is 0. The molecule has 5 nitrogen and oxygen atoms in total. The number of carbonyl (C=O) groups excluding carboxylic acids is 1. The number of hydrogen-bond donors (Lipinski definition) is 0. The van der Waals surface area contributed by atoms with Crippen LogP contribution in [0.5, 0.6) is 0 Å². The van der Waals surface area contributed by atoms with E-state index in [1.54, 1.807) is 13.8 Å². The van der Waals surface area contributed by atoms with E-state index in [2.05, 4.69) is 4.98 Å². The number of hydrogen-bond acceptors (Lipinski definition) is 5. The Bertz CT molecular complexity index is 393. The summed E-state index contributed by atoms with van der Waals surface area (Å²) in [6.45, 7) is 5.31. The molecule has 2 rings (SSSR count). The molecule has 17 heavy (non-hydrogen) atoms. The minimum atomic E-state index is -0.434. The van der Waals surface area contributed by atoms with Crippen LogP contribution in [-0.2, 0) is 9.47 Å². The lowest BCUT2D eigenvalue weighted by molar-refractivity contribution is 0.0480. The Labute approximate surface area is 100 Å². The molecule has 0 saturated carbocycles. The van der Waals surface area contributed by atoms with Gasteiger partial charge in [0.1, 0.15) is 0 Å². The summed E-state index contributed by atoms with van der Waals surface area (Å²) in [4.78, 5) is 15.9. The SMILES string of the molecule is CCOC(=O)c1oc(C2CCOCC2)nc1C. The first-order valence-electron chi connectivity index (χ1n) is 5.94. The zero-order chi connectivity index (χ0) is 12.3. The van der Waals surface area contributed by atoms with Gasteiger partial charge in [-0.1, -0.05) is 0 Å². The van der Waals surface area contributed by atoms with Gasteiger partial charge in [0.25, 0.3) is 0 Å². The van der Waals surface area contributed by atoms with Crippen molar-refractivity contribution in [3.05, 3.63) is 17.3 Å². The van der Waals surface area contributed by atoms with E-state index in [1.165, 1.54) is 0 Å². The molecule has 0 amide bonds. The van der Waals surface area contributed by atoms with Gasteiger partial charge in [-0.15, -0.1) is 0 Å². The van der Waals surface area contributed by atoms with Crippen molar-refractivity contribution in [2.24, 2.45) is 0 Å². The van der Waals surface area contributed by atoms with Gasteiger partial charge in [0.05, 0.1) is 12.3 Å². The van der Waals surface area contributed by atoms with E-state index in [0.717, 1.165) is 26.1 Å². The first-order chi connectivity index (χ1) is 8.22. The summed E-state index contributed by atoms with van der Waals surface area (Å²) < 4.78 is 15.7. The van der Waals surface area contributed by atoms with Crippen LogP contribution in [0.15, 0.2) is 4.42 Å². The molecular weight excluding hydrogens is 222 g/mol. The van der Waals surface area contributed by atoms with Crippen LogP contribution in [0.25, 0.3) is 0 Å². The minimum Gasteiger partial charge on any atom is -0.460 e. The molecular formula is C12H17NO4. The first-order valence-corrected chi connectivity index (χ1v) is 5.94. The maximum absolute atomic E-state index is 11.6. The summed E-state index contributed by atoms with van der Waals surface area (Å²) in [6.07, 6.45) is 1.78. The van der Waals surface area contributed by atoms with Gasteiger partial charge in [0.15, 0.2) is 5.89 Å². The van der Waals surface area contributed by atoms with Crippen LogP contribution >= 0.6 is 0 Å². The Kier molecular flexibility index (Phi) is 3.78. The average Bonchev–Trinajstić information content (AvgIpc) is 2.73. The zero-order valence-electron chi connectivity index (χ0n) is 10.2. The lowest BCUT2D eigenvalue weighted by Crippen LogP contribution is -2.14. The third kappa shape index (κ3) is 2.66. The van der Waals surface area contributed by atoms with Crippen molar-refractivity contribution in [1.82, 2.24) is 4.98 Å². The highest BCUT2D eigenvalue weighted by Crippen LogP contribution is 2.27. The van der Waals surface area contributed by atoms with Gasteiger partial charge in [-0.05, 0) is 26.7 Å². The fraction of sp³-hybridized carbons (Fsp3) is 0.667. The Balaban J connectivity index is 2.14. The van der Waals surface area contributed by atoms with Crippen molar-refractivity contribution in [3.8, 4) is 0 Å². The lowest BCUT2D eigenvalue weighted by atomic mass is 10.0. The van der Waals surface area contributed by atoms with E-state index < -0.39 is 5.97 Å². The molecule has 1 aliphatic heterocycles. The average molecular weight is 239 g/mol. The smallest absolute Gasteiger partial charge is 0.376 e. The molecule has 1 aromatic rings. The predicted octanol–water partition coefficient (Wildman–Crippen LogP) is 2.05. The van der Waals surface area contributed by atoms with Gasteiger partial charge in [0.2, 0.25) is 5.76 Å². The van der Waals surface area contributed by atoms with Crippen molar-refractivity contribution < 1.29 is 18.7 Å². The Morgan fingerprint density at radius 2 is 2.18 bits per heavy atom. The minimum absolute atomic E-state index is 0.230. The molecule has 0 atom stereocenters. The number of ether oxygens (including phenoxy) is 2. The molecule has 94 valence electrons. The van der Waals surface area contributed by atoms with Gasteiger partial charge in [0, 0.05) is 19.1 Å². The van der Waals surface area contributed by atoms with Crippen molar-refractivity contribution in [2.45, 2.75) is 32.6 Å². The summed E-state index contributed by atoms with van der Waals surface area (Å²) >= 11 is 0. The van der Waals surface area contributed by atoms with E-state index in [9.17, 15) is 4.79 Å². The molecule has 0 unspecified atom stereocenters. The monoisotopic (exact) mass is 239 g/mol. The molecule has 0 N–H and O–H groups in total. The van der Waals surface area contributed by atoms with Gasteiger partial charge < -0.3 is 13.9 Å². The quantitative estimate of drug-likeness (QED) is 0.755. The summed E-state index contributed by atoms with van der Waals surface area (Å²) in [5.74, 6) is 0.684. The first kappa shape index (κ1) is 12.1. The maximum atomic E-state index is 11.6. The third-order valence-corrected chi connectivity index (χ3v) is 2.84. The van der Waals surface area contributed by atoms with Crippen LogP contribution in [0.3, 0.4) is 0 Å². The van der Waals surface area contributed by atoms with Gasteiger partial charge >= 0.3 is 5.97 Å². The van der Waals surface area contributed by atoms with Crippen molar-refractivity contribution >= 4 is 5.97 Å². The van der Waals surface area contributed by atoms with E-state index in [0.29, 0.717) is 18.2 Å². The molecule has 0 aromatic carbocycles. The van der Waals surface area contributed by atoms with E-state index in [1.807, 2.05) is 0 Å². The van der Waals surface area contributed by atoms with E-state index in [4.69, 9.17) is 13.9 Å². The number of aryl methyl sites for hydroxylation is 1. The summed E-state index contributed by atoms with van der Waals surface area (Å²) in [5.41, 5.74) is 0.602. The second-order valence-electron chi connectivity index (χ2n) is 4.07. The number of esters is 1. The van der Waals surface area contributed by atoms with Crippen molar-refractivity contribution in [1.29, 1.82) is 0 Å². The van der Waals surface area contributed by atoms with E-state index >= 15 is 0 Å². The number of oxazole rings is 1. The Morgan fingerprint density at radius 1 is 1.47 bits per heavy atom. The zero-order valence-corrected chi connectivity index (χ0v) is 10.2. The van der Waals surface area contributed by atoms with E-state index in [-0.39, 0.29) is 11.7 Å². The highest BCUT2D eigenvalue weighted by atomic mass is 16.5. The molecule has 1 saturated heterocycles. The summed E-state index contributed by atoms with van der Waals surface area (Å²) in [7, 11) is 0. The number of carbonyl (C=O) groups is 1. The Hall–Kier alpha value is -1.36. The number of rotatable bonds is 3. The van der Waals surface area contributed by atoms with Crippen LogP contribution < -0.4 is 0 Å². The Morgan fingerprint density at radius 3 is 2.82 bits per heavy atom. The molecule has 1 aromatic heterocycles. The second-order valence-corrected chi connectivity index (χ2v) is 4.07. The molecule has 1 fully saturated rings. The van der Waals surface area contributed by atoms with Crippen LogP contribution in [0.2, 0.25) is 0 Å². The number of nitrogens with zero attached hydrogens (tertiary/aromatic N) is 1. The van der Waals surface area contributed by atoms with Gasteiger partial charge in [-0.2, -0.15) is 0 Å². The van der Waals surface area contributed by atoms with Crippen LogP contribution in [0.1, 0.15) is 47.8 Å². The van der Waals surface area contributed by atoms with Crippen LogP contribution in [0.4, 0.5) is 0 Å². The predicted molar refractivity (Wildman–Crippen MR) is 60.0 cm³/mol. The molecule has 5 heteroatoms. The molecule has 1 aliphatic rings. The maximum Gasteiger partial charge on any atom is 0.376 e. The van der Waals surface area contributed by atoms with Crippen molar-refractivity contribution in [2.75, 3.05) is 19.8 Å². The highest BCUT2D eigenvalue weighted by molar-refractivity contribution is 5.87. The lowest BCUT2D eigenvalue weighted by Gasteiger charge is -2.18. The fourth-order valence-corrected chi connectivity index (χ4v) is 1.92. The third-order valence-electron chi connectivity index (χ3n) is 2.84. The molecule has 0 radical (unpaired) electrons. The highest BCUT2D eigenvalue weighted by Gasteiger charge is 2.25. The largest absolute Gasteiger partial charge is 0.460 e. The topological polar surface area (TPSA) is 61.6 Å². The van der Waals surface area contributed by atoms with Gasteiger partial charge in [-0.3, -0.25) is 0 Å². The molecule has 2 heterocycles. The standard InChI is InChI=1S/C12H17NO4/c1-3-16-12(14)10-8(2)13-11(17-10)9-4-6-15-7-5-9/h9H,3-7H2,1-2H3. The fourth-order valence-electron chi connectivity index (χ4n) is 1.92. The van der Waals surface area contributed by atoms with Gasteiger partial charge in [-0.25, -0.2) is 9.78 Å². The molecule has 0 aliphatic carbocycles. The molecule has 0 bridgehead atoms. The number of aromatic nitrogens is 1. The van der Waals surface area contributed by atoms with Crippen LogP contribution in [0, 0.1) is 6.92 Å².